The number of carbonyl (C=O) groups is 1. The first-order chi connectivity index (χ1) is 18.3. The average Bonchev–Trinajstić information content (AvgIpc) is 2.90. The van der Waals surface area contributed by atoms with Gasteiger partial charge in [0, 0.05) is 31.9 Å². The van der Waals surface area contributed by atoms with Crippen LogP contribution in [0.2, 0.25) is 0 Å². The van der Waals surface area contributed by atoms with Crippen LogP contribution in [0.4, 0.5) is 11.5 Å². The number of aromatic nitrogens is 1. The predicted molar refractivity (Wildman–Crippen MR) is 154 cm³/mol. The van der Waals surface area contributed by atoms with E-state index in [0.29, 0.717) is 71.3 Å². The Morgan fingerprint density at radius 1 is 1.21 bits per heavy atom. The van der Waals surface area contributed by atoms with Gasteiger partial charge in [-0.25, -0.2) is 13.4 Å². The number of piperidine rings is 1. The molecule has 0 bridgehead atoms. The Morgan fingerprint density at radius 2 is 1.79 bits per heavy atom. The first kappa shape index (κ1) is 30.2. The number of nitrogens with zero attached hydrogens (tertiary/aromatic N) is 5. The molecule has 0 spiro atoms. The van der Waals surface area contributed by atoms with Gasteiger partial charge in [0.05, 0.1) is 28.6 Å². The van der Waals surface area contributed by atoms with Crippen LogP contribution in [-0.2, 0) is 27.0 Å². The van der Waals surface area contributed by atoms with Crippen molar-refractivity contribution in [2.75, 3.05) is 35.6 Å². The molecule has 1 aliphatic rings. The second-order valence-corrected chi connectivity index (χ2v) is 13.2. The van der Waals surface area contributed by atoms with Crippen molar-refractivity contribution in [1.29, 1.82) is 10.5 Å². The lowest BCUT2D eigenvalue weighted by Crippen LogP contribution is -2.54. The number of pyridine rings is 1. The van der Waals surface area contributed by atoms with Crippen molar-refractivity contribution in [3.05, 3.63) is 46.5 Å². The zero-order chi connectivity index (χ0) is 29.0. The minimum absolute atomic E-state index is 0.00954. The highest BCUT2D eigenvalue weighted by Gasteiger charge is 2.29. The first-order valence-corrected chi connectivity index (χ1v) is 15.5. The van der Waals surface area contributed by atoms with Crippen LogP contribution in [0.5, 0.6) is 0 Å². The fourth-order valence-electron chi connectivity index (χ4n) is 4.27. The number of sulfonamides is 1. The van der Waals surface area contributed by atoms with Crippen LogP contribution < -0.4 is 20.3 Å². The van der Waals surface area contributed by atoms with Gasteiger partial charge in [-0.2, -0.15) is 10.5 Å². The van der Waals surface area contributed by atoms with Gasteiger partial charge in [0.1, 0.15) is 23.0 Å². The maximum absolute atomic E-state index is 12.3. The van der Waals surface area contributed by atoms with E-state index in [9.17, 15) is 23.7 Å². The Hall–Kier alpha value is -3.32. The van der Waals surface area contributed by atoms with Crippen LogP contribution in [0, 0.1) is 22.7 Å². The van der Waals surface area contributed by atoms with Crippen LogP contribution in [0.15, 0.2) is 29.3 Å². The van der Waals surface area contributed by atoms with E-state index in [1.54, 1.807) is 26.0 Å². The van der Waals surface area contributed by atoms with Gasteiger partial charge in [0.2, 0.25) is 15.9 Å². The van der Waals surface area contributed by atoms with Crippen molar-refractivity contribution in [2.45, 2.75) is 62.4 Å². The Balaban J connectivity index is 1.83. The normalized spacial score (nSPS) is 14.4. The molecule has 1 aliphatic heterocycles. The summed E-state index contributed by atoms with van der Waals surface area (Å²) < 4.78 is 24.8. The van der Waals surface area contributed by atoms with Crippen LogP contribution in [0.3, 0.4) is 0 Å². The zero-order valence-electron chi connectivity index (χ0n) is 23.0. The summed E-state index contributed by atoms with van der Waals surface area (Å²) in [6, 6.07) is 11.7. The Morgan fingerprint density at radius 3 is 2.28 bits per heavy atom. The number of anilines is 2. The third-order valence-corrected chi connectivity index (χ3v) is 8.97. The van der Waals surface area contributed by atoms with Gasteiger partial charge >= 0.3 is 0 Å². The topological polar surface area (TPSA) is 156 Å². The second kappa shape index (κ2) is 12.2. The number of benzene rings is 1. The van der Waals surface area contributed by atoms with E-state index in [1.165, 1.54) is 23.1 Å². The summed E-state index contributed by atoms with van der Waals surface area (Å²) in [4.78, 5) is 19.2. The summed E-state index contributed by atoms with van der Waals surface area (Å²) >= 11 is 1.41. The Kier molecular flexibility index (Phi) is 9.49. The highest BCUT2D eigenvalue weighted by Crippen LogP contribution is 2.34. The van der Waals surface area contributed by atoms with Crippen LogP contribution in [-0.4, -0.2) is 57.3 Å². The lowest BCUT2D eigenvalue weighted by molar-refractivity contribution is -0.126. The quantitative estimate of drug-likeness (QED) is 0.433. The van der Waals surface area contributed by atoms with E-state index in [0.717, 1.165) is 11.8 Å². The molecule has 0 unspecified atom stereocenters. The van der Waals surface area contributed by atoms with E-state index in [1.807, 2.05) is 19.1 Å². The number of rotatable bonds is 9. The molecule has 1 saturated heterocycles. The van der Waals surface area contributed by atoms with Crippen molar-refractivity contribution >= 4 is 39.2 Å². The standard InChI is InChI=1S/C27H35N7O3S2/c1-6-21-22(15-28)24(34-13-11-19(12-14-34)31-26(35)27(2,3)30)32-25(23(21)16-29)38-17-18-7-9-20(10-8-18)33(4)39(5,36)37/h7-10,19H,6,11-14,17,30H2,1-5H3,(H,31,35). The lowest BCUT2D eigenvalue weighted by Gasteiger charge is -2.35. The fourth-order valence-corrected chi connectivity index (χ4v) is 5.73. The molecule has 0 saturated carbocycles. The fraction of sp³-hybridized carbons (Fsp3) is 0.481. The number of nitrogens with two attached hydrogens (primary N) is 1. The summed E-state index contributed by atoms with van der Waals surface area (Å²) in [5.41, 5.74) is 7.96. The molecule has 0 aliphatic carbocycles. The number of hydrogen-bond acceptors (Lipinski definition) is 9. The summed E-state index contributed by atoms with van der Waals surface area (Å²) in [5, 5.41) is 23.6. The molecule has 1 aromatic heterocycles. The third kappa shape index (κ3) is 7.21. The monoisotopic (exact) mass is 569 g/mol. The minimum Gasteiger partial charge on any atom is -0.355 e. The lowest BCUT2D eigenvalue weighted by atomic mass is 9.99. The summed E-state index contributed by atoms with van der Waals surface area (Å²) in [6.07, 6.45) is 3.04. The largest absolute Gasteiger partial charge is 0.355 e. The van der Waals surface area contributed by atoms with Gasteiger partial charge in [-0.3, -0.25) is 9.10 Å². The SMILES string of the molecule is CCc1c(C#N)c(SCc2ccc(N(C)S(C)(=O)=O)cc2)nc(N2CCC(NC(=O)C(C)(C)N)CC2)c1C#N. The van der Waals surface area contributed by atoms with Gasteiger partial charge < -0.3 is 16.0 Å². The van der Waals surface area contributed by atoms with E-state index >= 15 is 0 Å². The molecule has 1 aromatic carbocycles. The van der Waals surface area contributed by atoms with E-state index in [4.69, 9.17) is 10.7 Å². The number of nitrogens with one attached hydrogen (secondary N) is 1. The second-order valence-electron chi connectivity index (χ2n) is 10.2. The molecule has 0 radical (unpaired) electrons. The van der Waals surface area contributed by atoms with E-state index < -0.39 is 15.6 Å². The number of amides is 1. The van der Waals surface area contributed by atoms with Crippen molar-refractivity contribution < 1.29 is 13.2 Å². The first-order valence-electron chi connectivity index (χ1n) is 12.7. The van der Waals surface area contributed by atoms with Crippen LogP contribution in [0.1, 0.15) is 55.9 Å². The molecule has 1 fully saturated rings. The molecule has 3 N–H and O–H groups in total. The van der Waals surface area contributed by atoms with E-state index in [-0.39, 0.29) is 11.9 Å². The Bertz CT molecular complexity index is 1400. The number of carbonyl (C=O) groups excluding carboxylic acids is 1. The van der Waals surface area contributed by atoms with Gasteiger partial charge in [-0.05, 0) is 56.4 Å². The van der Waals surface area contributed by atoms with Crippen molar-refractivity contribution in [3.8, 4) is 12.1 Å². The predicted octanol–water partition coefficient (Wildman–Crippen LogP) is 2.90. The molecule has 1 amide bonds. The highest BCUT2D eigenvalue weighted by molar-refractivity contribution is 7.98. The molecule has 2 aromatic rings. The Labute approximate surface area is 235 Å². The smallest absolute Gasteiger partial charge is 0.239 e. The maximum Gasteiger partial charge on any atom is 0.239 e. The molecule has 10 nitrogen and oxygen atoms in total. The molecule has 0 atom stereocenters. The molecular weight excluding hydrogens is 534 g/mol. The minimum atomic E-state index is -3.35. The molecule has 12 heteroatoms. The highest BCUT2D eigenvalue weighted by atomic mass is 32.2. The number of nitriles is 2. The zero-order valence-corrected chi connectivity index (χ0v) is 24.6. The van der Waals surface area contributed by atoms with Crippen LogP contribution >= 0.6 is 11.8 Å². The van der Waals surface area contributed by atoms with Gasteiger partial charge in [0.15, 0.2) is 0 Å². The van der Waals surface area contributed by atoms with Gasteiger partial charge in [-0.1, -0.05) is 19.1 Å². The average molecular weight is 570 g/mol. The molecule has 208 valence electrons. The maximum atomic E-state index is 12.3. The molecular formula is C27H35N7O3S2. The van der Waals surface area contributed by atoms with Crippen molar-refractivity contribution in [3.63, 3.8) is 0 Å². The number of thioether (sulfide) groups is 1. The molecule has 2 heterocycles. The van der Waals surface area contributed by atoms with Crippen molar-refractivity contribution in [1.82, 2.24) is 10.3 Å². The molecule has 39 heavy (non-hydrogen) atoms. The van der Waals surface area contributed by atoms with Crippen LogP contribution in [0.25, 0.3) is 0 Å². The van der Waals surface area contributed by atoms with E-state index in [2.05, 4.69) is 22.4 Å². The number of hydrogen-bond donors (Lipinski definition) is 2. The van der Waals surface area contributed by atoms with Gasteiger partial charge in [0.25, 0.3) is 0 Å². The summed E-state index contributed by atoms with van der Waals surface area (Å²) in [6.45, 7) is 6.47. The summed E-state index contributed by atoms with van der Waals surface area (Å²) in [5.74, 6) is 0.880. The summed E-state index contributed by atoms with van der Waals surface area (Å²) in [7, 11) is -1.85. The molecule has 3 rings (SSSR count). The van der Waals surface area contributed by atoms with Crippen molar-refractivity contribution in [2.24, 2.45) is 5.73 Å². The third-order valence-electron chi connectivity index (χ3n) is 6.71. The van der Waals surface area contributed by atoms with Gasteiger partial charge in [-0.15, -0.1) is 11.8 Å².